The van der Waals surface area contributed by atoms with E-state index in [0.717, 1.165) is 67.2 Å². The maximum absolute atomic E-state index is 13.2. The third kappa shape index (κ3) is 6.97. The van der Waals surface area contributed by atoms with Gasteiger partial charge in [0.2, 0.25) is 5.95 Å². The first-order valence-electron chi connectivity index (χ1n) is 13.5. The second-order valence-electron chi connectivity index (χ2n) is 8.87. The molecule has 5 rings (SSSR count). The molecule has 1 aliphatic rings. The zero-order valence-electron chi connectivity index (χ0n) is 23.1. The Bertz CT molecular complexity index is 1410. The molecule has 1 aliphatic heterocycles. The van der Waals surface area contributed by atoms with Crippen LogP contribution in [0.5, 0.6) is 0 Å². The smallest absolute Gasteiger partial charge is 0.270 e. The Balaban J connectivity index is 0.00000172. The molecule has 4 heterocycles. The number of fused-ring (bicyclic) bond motifs is 1. The Labute approximate surface area is 229 Å². The van der Waals surface area contributed by atoms with Crippen LogP contribution in [0.1, 0.15) is 43.9 Å². The minimum atomic E-state index is 0.0337. The summed E-state index contributed by atoms with van der Waals surface area (Å²) in [4.78, 5) is 38.2. The molecule has 0 aliphatic carbocycles. The van der Waals surface area contributed by atoms with E-state index in [-0.39, 0.29) is 5.91 Å². The average Bonchev–Trinajstić information content (AvgIpc) is 3.66. The van der Waals surface area contributed by atoms with Crippen LogP contribution in [-0.2, 0) is 6.54 Å². The number of allylic oxidation sites excluding steroid dienone is 1. The monoisotopic (exact) mass is 527 g/mol. The van der Waals surface area contributed by atoms with E-state index in [0.29, 0.717) is 11.6 Å². The van der Waals surface area contributed by atoms with Gasteiger partial charge in [0, 0.05) is 80.7 Å². The second-order valence-corrected chi connectivity index (χ2v) is 8.87. The first kappa shape index (κ1) is 27.7. The number of nitrogens with one attached hydrogen (secondary N) is 2. The molecule has 0 radical (unpaired) electrons. The van der Waals surface area contributed by atoms with Crippen LogP contribution in [0.2, 0.25) is 0 Å². The van der Waals surface area contributed by atoms with Crippen molar-refractivity contribution in [3.05, 3.63) is 72.7 Å². The highest BCUT2D eigenvalue weighted by Gasteiger charge is 2.23. The highest BCUT2D eigenvalue weighted by atomic mass is 16.2. The Kier molecular flexibility index (Phi) is 9.58. The van der Waals surface area contributed by atoms with Crippen LogP contribution in [0, 0.1) is 0 Å². The minimum Gasteiger partial charge on any atom is -0.351 e. The number of carbonyl (C=O) groups is 1. The van der Waals surface area contributed by atoms with Crippen LogP contribution >= 0.6 is 0 Å². The number of H-pyrrole nitrogens is 1. The van der Waals surface area contributed by atoms with Crippen molar-refractivity contribution in [3.63, 3.8) is 0 Å². The summed E-state index contributed by atoms with van der Waals surface area (Å²) in [5.74, 6) is 0.520. The maximum atomic E-state index is 13.2. The Morgan fingerprint density at radius 3 is 2.62 bits per heavy atom. The molecular formula is C29H37N9O. The second kappa shape index (κ2) is 13.5. The fraction of sp³-hybridized carbons (Fsp3) is 0.345. The van der Waals surface area contributed by atoms with Crippen molar-refractivity contribution >= 4 is 40.4 Å². The lowest BCUT2D eigenvalue weighted by Crippen LogP contribution is -2.49. The third-order valence-electron chi connectivity index (χ3n) is 6.46. The summed E-state index contributed by atoms with van der Waals surface area (Å²) >= 11 is 0. The topological polar surface area (TPSA) is 107 Å². The van der Waals surface area contributed by atoms with Crippen molar-refractivity contribution in [3.8, 4) is 0 Å². The number of hydrogen-bond acceptors (Lipinski definition) is 7. The first-order chi connectivity index (χ1) is 19.1. The zero-order valence-corrected chi connectivity index (χ0v) is 23.1. The molecule has 0 saturated carbocycles. The van der Waals surface area contributed by atoms with Crippen molar-refractivity contribution in [1.29, 1.82) is 0 Å². The molecule has 39 heavy (non-hydrogen) atoms. The first-order valence-corrected chi connectivity index (χ1v) is 13.5. The van der Waals surface area contributed by atoms with Gasteiger partial charge in [0.1, 0.15) is 5.69 Å². The van der Waals surface area contributed by atoms with Gasteiger partial charge in [-0.2, -0.15) is 0 Å². The standard InChI is InChI=1S/C27H31N9O.C2H6/c1-3-22(29-4-2)24-7-8-30-27(33-24)31-21-5-6-23-20(17-21)18-25(32-23)26(37)36-15-13-34(14-16-36)11-12-35-10-9-28-19-35;1-2/h3-10,17-19,32H,11-16H2,1-2H3,(H,30,31,33);1-2H3/b22-3-,29-4?;. The van der Waals surface area contributed by atoms with Crippen LogP contribution in [0.25, 0.3) is 16.6 Å². The Hall–Kier alpha value is -4.31. The van der Waals surface area contributed by atoms with Crippen molar-refractivity contribution in [2.75, 3.05) is 38.0 Å². The van der Waals surface area contributed by atoms with Gasteiger partial charge >= 0.3 is 0 Å². The number of aromatic nitrogens is 5. The molecule has 10 heteroatoms. The number of benzene rings is 1. The molecule has 10 nitrogen and oxygen atoms in total. The van der Waals surface area contributed by atoms with E-state index in [1.54, 1.807) is 18.6 Å². The van der Waals surface area contributed by atoms with E-state index in [1.165, 1.54) is 0 Å². The van der Waals surface area contributed by atoms with Gasteiger partial charge in [-0.1, -0.05) is 19.9 Å². The molecule has 1 aromatic carbocycles. The number of carbonyl (C=O) groups excluding carboxylic acids is 1. The fourth-order valence-corrected chi connectivity index (χ4v) is 4.46. The molecule has 1 fully saturated rings. The van der Waals surface area contributed by atoms with Gasteiger partial charge in [-0.05, 0) is 44.2 Å². The van der Waals surface area contributed by atoms with Crippen molar-refractivity contribution in [2.45, 2.75) is 34.2 Å². The Morgan fingerprint density at radius 2 is 1.90 bits per heavy atom. The van der Waals surface area contributed by atoms with Crippen LogP contribution in [0.4, 0.5) is 11.6 Å². The van der Waals surface area contributed by atoms with Gasteiger partial charge in [-0.3, -0.25) is 14.7 Å². The summed E-state index contributed by atoms with van der Waals surface area (Å²) in [6, 6.07) is 9.65. The largest absolute Gasteiger partial charge is 0.351 e. The molecule has 1 saturated heterocycles. The zero-order chi connectivity index (χ0) is 27.6. The third-order valence-corrected chi connectivity index (χ3v) is 6.46. The molecule has 1 amide bonds. The van der Waals surface area contributed by atoms with Crippen molar-refractivity contribution in [1.82, 2.24) is 34.3 Å². The summed E-state index contributed by atoms with van der Waals surface area (Å²) in [7, 11) is 0. The lowest BCUT2D eigenvalue weighted by atomic mass is 10.2. The number of rotatable bonds is 8. The quantitative estimate of drug-likeness (QED) is 0.318. The van der Waals surface area contributed by atoms with Gasteiger partial charge in [-0.25, -0.2) is 15.0 Å². The van der Waals surface area contributed by atoms with E-state index >= 15 is 0 Å². The maximum Gasteiger partial charge on any atom is 0.270 e. The molecule has 2 N–H and O–H groups in total. The van der Waals surface area contributed by atoms with Gasteiger partial charge in [-0.15, -0.1) is 0 Å². The van der Waals surface area contributed by atoms with Crippen LogP contribution in [-0.4, -0.2) is 79.1 Å². The highest BCUT2D eigenvalue weighted by Crippen LogP contribution is 2.23. The number of amides is 1. The fourth-order valence-electron chi connectivity index (χ4n) is 4.46. The lowest BCUT2D eigenvalue weighted by Gasteiger charge is -2.34. The summed E-state index contributed by atoms with van der Waals surface area (Å²) in [6.45, 7) is 12.8. The normalized spacial score (nSPS) is 14.5. The summed E-state index contributed by atoms with van der Waals surface area (Å²) in [5, 5.41) is 4.22. The van der Waals surface area contributed by atoms with E-state index in [9.17, 15) is 4.79 Å². The number of nitrogens with zero attached hydrogens (tertiary/aromatic N) is 7. The lowest BCUT2D eigenvalue weighted by molar-refractivity contribution is 0.0628. The molecule has 4 aromatic rings. The summed E-state index contributed by atoms with van der Waals surface area (Å²) in [5.41, 5.74) is 3.89. The van der Waals surface area contributed by atoms with Crippen molar-refractivity contribution < 1.29 is 4.79 Å². The predicted molar refractivity (Wildman–Crippen MR) is 157 cm³/mol. The molecule has 204 valence electrons. The van der Waals surface area contributed by atoms with Crippen LogP contribution in [0.15, 0.2) is 66.3 Å². The number of aliphatic imine (C=N–C) groups is 1. The molecule has 0 unspecified atom stereocenters. The number of hydrogen-bond donors (Lipinski definition) is 2. The van der Waals surface area contributed by atoms with Gasteiger partial charge < -0.3 is 19.8 Å². The van der Waals surface area contributed by atoms with Gasteiger partial charge in [0.05, 0.1) is 17.7 Å². The van der Waals surface area contributed by atoms with Gasteiger partial charge in [0.15, 0.2) is 0 Å². The van der Waals surface area contributed by atoms with Crippen molar-refractivity contribution in [2.24, 2.45) is 4.99 Å². The number of aromatic amines is 1. The highest BCUT2D eigenvalue weighted by molar-refractivity contribution is 5.98. The predicted octanol–water partition coefficient (Wildman–Crippen LogP) is 4.83. The summed E-state index contributed by atoms with van der Waals surface area (Å²) in [6.07, 6.45) is 11.0. The van der Waals surface area contributed by atoms with Gasteiger partial charge in [0.25, 0.3) is 5.91 Å². The van der Waals surface area contributed by atoms with Crippen LogP contribution < -0.4 is 5.32 Å². The summed E-state index contributed by atoms with van der Waals surface area (Å²) < 4.78 is 2.08. The number of piperazine rings is 1. The SMILES string of the molecule is CC.CC=N/C(=C\C)c1ccnc(Nc2ccc3[nH]c(C(=O)N4CCN(CCn5ccnc5)CC4)cc3c2)n1. The molecule has 0 spiro atoms. The molecular weight excluding hydrogens is 490 g/mol. The number of imidazole rings is 1. The van der Waals surface area contributed by atoms with E-state index < -0.39 is 0 Å². The minimum absolute atomic E-state index is 0.0337. The molecule has 3 aromatic heterocycles. The average molecular weight is 528 g/mol. The van der Waals surface area contributed by atoms with E-state index in [4.69, 9.17) is 0 Å². The van der Waals surface area contributed by atoms with Crippen LogP contribution in [0.3, 0.4) is 0 Å². The number of anilines is 2. The Morgan fingerprint density at radius 1 is 1.08 bits per heavy atom. The van der Waals surface area contributed by atoms with E-state index in [1.807, 2.05) is 81.5 Å². The molecule has 0 atom stereocenters. The van der Waals surface area contributed by atoms with E-state index in [2.05, 4.69) is 39.7 Å². The molecule has 0 bridgehead atoms.